The third-order valence-corrected chi connectivity index (χ3v) is 8.51. The van der Waals surface area contributed by atoms with E-state index >= 15 is 0 Å². The van der Waals surface area contributed by atoms with Crippen LogP contribution in [-0.2, 0) is 38.7 Å². The third-order valence-electron chi connectivity index (χ3n) is 8.51. The predicted molar refractivity (Wildman–Crippen MR) is 153 cm³/mol. The number of benzene rings is 3. The summed E-state index contributed by atoms with van der Waals surface area (Å²) < 4.78 is 99.2. The van der Waals surface area contributed by atoms with E-state index in [0.717, 1.165) is 5.56 Å². The number of nitrogens with one attached hydrogen (secondary N) is 1. The van der Waals surface area contributed by atoms with Crippen LogP contribution in [0.2, 0.25) is 0 Å². The van der Waals surface area contributed by atoms with E-state index < -0.39 is 46.8 Å². The minimum Gasteiger partial charge on any atom is -0.445 e. The van der Waals surface area contributed by atoms with Gasteiger partial charge in [-0.3, -0.25) is 4.90 Å². The number of morpholine rings is 1. The zero-order valence-electron chi connectivity index (χ0n) is 24.6. The van der Waals surface area contributed by atoms with Crippen LogP contribution in [0.5, 0.6) is 0 Å². The van der Waals surface area contributed by atoms with Crippen LogP contribution < -0.4 is 5.32 Å². The van der Waals surface area contributed by atoms with E-state index in [-0.39, 0.29) is 31.4 Å². The van der Waals surface area contributed by atoms with Gasteiger partial charge in [0.15, 0.2) is 0 Å². The number of halogens is 6. The number of rotatable bonds is 7. The first-order valence-corrected chi connectivity index (χ1v) is 14.6. The highest BCUT2D eigenvalue weighted by Gasteiger charge is 2.52. The standard InChI is InChI=1S/C33H34F6N2O4/c1-23(25-16-27(32(34,35)36)18-28(17-25)33(37,38)39)45-22-31(26-10-6-3-7-11-26)13-12-30(21-43-15-14-40-30)20-41(31)29(42)44-19-24-8-4-2-5-9-24/h2-11,16-18,23,40H,12-15,19-22H2,1H3/t23-,30-,31-/m1/s1. The lowest BCUT2D eigenvalue weighted by Crippen LogP contribution is -2.69. The lowest BCUT2D eigenvalue weighted by atomic mass is 9.74. The first-order valence-electron chi connectivity index (χ1n) is 14.6. The molecule has 0 unspecified atom stereocenters. The number of alkyl halides is 6. The second kappa shape index (κ2) is 13.0. The van der Waals surface area contributed by atoms with Gasteiger partial charge >= 0.3 is 18.4 Å². The van der Waals surface area contributed by atoms with E-state index in [1.165, 1.54) is 6.92 Å². The Kier molecular flexibility index (Phi) is 9.48. The van der Waals surface area contributed by atoms with Crippen molar-refractivity contribution in [3.05, 3.63) is 107 Å². The van der Waals surface area contributed by atoms with Crippen molar-refractivity contribution in [2.75, 3.05) is 32.9 Å². The Morgan fingerprint density at radius 1 is 0.933 bits per heavy atom. The van der Waals surface area contributed by atoms with Crippen LogP contribution in [0.3, 0.4) is 0 Å². The molecule has 1 N–H and O–H groups in total. The van der Waals surface area contributed by atoms with Gasteiger partial charge < -0.3 is 19.5 Å². The van der Waals surface area contributed by atoms with Crippen molar-refractivity contribution in [1.82, 2.24) is 10.2 Å². The minimum atomic E-state index is -4.99. The van der Waals surface area contributed by atoms with E-state index in [9.17, 15) is 31.1 Å². The van der Waals surface area contributed by atoms with Gasteiger partial charge in [-0.05, 0) is 54.7 Å². The molecular formula is C33H34F6N2O4. The average Bonchev–Trinajstić information content (AvgIpc) is 3.03. The first kappa shape index (κ1) is 32.8. The molecule has 0 aromatic heterocycles. The van der Waals surface area contributed by atoms with Crippen molar-refractivity contribution in [3.63, 3.8) is 0 Å². The molecule has 45 heavy (non-hydrogen) atoms. The summed E-state index contributed by atoms with van der Waals surface area (Å²) in [6.45, 7) is 2.80. The second-order valence-electron chi connectivity index (χ2n) is 11.6. The molecule has 2 fully saturated rings. The number of nitrogens with zero attached hydrogens (tertiary/aromatic N) is 1. The van der Waals surface area contributed by atoms with Crippen molar-refractivity contribution in [2.45, 2.75) is 55.9 Å². The highest BCUT2D eigenvalue weighted by Crippen LogP contribution is 2.44. The quantitative estimate of drug-likeness (QED) is 0.273. The number of likely N-dealkylation sites (tertiary alicyclic amines) is 1. The van der Waals surface area contributed by atoms with Gasteiger partial charge in [0.25, 0.3) is 0 Å². The summed E-state index contributed by atoms with van der Waals surface area (Å²) >= 11 is 0. The molecule has 0 bridgehead atoms. The Hall–Kier alpha value is -3.61. The molecule has 2 aliphatic rings. The fraction of sp³-hybridized carbons (Fsp3) is 0.424. The molecule has 3 atom stereocenters. The van der Waals surface area contributed by atoms with Gasteiger partial charge in [-0.1, -0.05) is 60.7 Å². The van der Waals surface area contributed by atoms with Crippen molar-refractivity contribution >= 4 is 6.09 Å². The molecule has 3 aromatic carbocycles. The second-order valence-corrected chi connectivity index (χ2v) is 11.6. The maximum absolute atomic E-state index is 13.9. The molecule has 1 spiro atoms. The molecule has 0 radical (unpaired) electrons. The maximum Gasteiger partial charge on any atom is 0.416 e. The largest absolute Gasteiger partial charge is 0.445 e. The minimum absolute atomic E-state index is 0.000312. The Labute approximate surface area is 257 Å². The number of piperidine rings is 1. The number of amides is 1. The van der Waals surface area contributed by atoms with Crippen LogP contribution in [0, 0.1) is 0 Å². The SMILES string of the molecule is C[C@@H](OC[C@@]1(c2ccccc2)CC[C@]2(COCCN2)CN1C(=O)OCc1ccccc1)c1cc(C(F)(F)F)cc(C(F)(F)F)c1. The number of carbonyl (C=O) groups excluding carboxylic acids is 1. The molecule has 3 aromatic rings. The van der Waals surface area contributed by atoms with Gasteiger partial charge in [0.2, 0.25) is 0 Å². The molecule has 2 saturated heterocycles. The maximum atomic E-state index is 13.9. The summed E-state index contributed by atoms with van der Waals surface area (Å²) in [6.07, 6.45) is -10.9. The van der Waals surface area contributed by atoms with E-state index in [0.29, 0.717) is 50.3 Å². The summed E-state index contributed by atoms with van der Waals surface area (Å²) in [7, 11) is 0. The van der Waals surface area contributed by atoms with Gasteiger partial charge in [-0.25, -0.2) is 4.79 Å². The van der Waals surface area contributed by atoms with E-state index in [1.807, 2.05) is 42.5 Å². The molecule has 242 valence electrons. The normalized spacial score (nSPS) is 23.1. The Balaban J connectivity index is 1.49. The smallest absolute Gasteiger partial charge is 0.416 e. The lowest BCUT2D eigenvalue weighted by molar-refractivity contribution is -0.143. The zero-order valence-corrected chi connectivity index (χ0v) is 24.6. The van der Waals surface area contributed by atoms with Gasteiger partial charge in [-0.2, -0.15) is 26.3 Å². The molecule has 2 heterocycles. The molecule has 5 rings (SSSR count). The summed E-state index contributed by atoms with van der Waals surface area (Å²) in [5.74, 6) is 0. The highest BCUT2D eigenvalue weighted by molar-refractivity contribution is 5.70. The summed E-state index contributed by atoms with van der Waals surface area (Å²) in [5.41, 5.74) is -3.38. The highest BCUT2D eigenvalue weighted by atomic mass is 19.4. The van der Waals surface area contributed by atoms with E-state index in [1.54, 1.807) is 23.1 Å². The fourth-order valence-electron chi connectivity index (χ4n) is 5.97. The Morgan fingerprint density at radius 2 is 1.56 bits per heavy atom. The molecular weight excluding hydrogens is 602 g/mol. The van der Waals surface area contributed by atoms with Gasteiger partial charge in [0.1, 0.15) is 6.61 Å². The summed E-state index contributed by atoms with van der Waals surface area (Å²) in [6, 6.07) is 19.6. The van der Waals surface area contributed by atoms with Crippen LogP contribution >= 0.6 is 0 Å². The monoisotopic (exact) mass is 636 g/mol. The van der Waals surface area contributed by atoms with Crippen molar-refractivity contribution in [1.29, 1.82) is 0 Å². The molecule has 2 aliphatic heterocycles. The molecule has 6 nitrogen and oxygen atoms in total. The third kappa shape index (κ3) is 7.45. The summed E-state index contributed by atoms with van der Waals surface area (Å²) in [4.78, 5) is 15.5. The van der Waals surface area contributed by atoms with Crippen molar-refractivity contribution in [2.24, 2.45) is 0 Å². The number of hydrogen-bond acceptors (Lipinski definition) is 5. The first-order chi connectivity index (χ1) is 21.3. The van der Waals surface area contributed by atoms with Gasteiger partial charge in [0.05, 0.1) is 48.1 Å². The van der Waals surface area contributed by atoms with Gasteiger partial charge in [0, 0.05) is 13.1 Å². The van der Waals surface area contributed by atoms with Crippen LogP contribution in [-0.4, -0.2) is 49.4 Å². The predicted octanol–water partition coefficient (Wildman–Crippen LogP) is 7.49. The summed E-state index contributed by atoms with van der Waals surface area (Å²) in [5, 5.41) is 3.49. The number of ether oxygens (including phenoxy) is 3. The topological polar surface area (TPSA) is 60.0 Å². The van der Waals surface area contributed by atoms with Crippen LogP contribution in [0.25, 0.3) is 0 Å². The number of carbonyl (C=O) groups is 1. The number of hydrogen-bond donors (Lipinski definition) is 1. The molecule has 1 amide bonds. The Morgan fingerprint density at radius 3 is 2.13 bits per heavy atom. The zero-order chi connectivity index (χ0) is 32.3. The van der Waals surface area contributed by atoms with Crippen molar-refractivity contribution < 1.29 is 45.3 Å². The van der Waals surface area contributed by atoms with Crippen molar-refractivity contribution in [3.8, 4) is 0 Å². The van der Waals surface area contributed by atoms with Crippen LogP contribution in [0.1, 0.15) is 53.7 Å². The average molecular weight is 637 g/mol. The van der Waals surface area contributed by atoms with Crippen LogP contribution in [0.4, 0.5) is 31.1 Å². The molecule has 12 heteroatoms. The Bertz CT molecular complexity index is 1410. The fourth-order valence-corrected chi connectivity index (χ4v) is 5.97. The van der Waals surface area contributed by atoms with Crippen LogP contribution in [0.15, 0.2) is 78.9 Å². The lowest BCUT2D eigenvalue weighted by Gasteiger charge is -2.54. The molecule has 0 aliphatic carbocycles. The van der Waals surface area contributed by atoms with E-state index in [4.69, 9.17) is 14.2 Å². The molecule has 0 saturated carbocycles. The van der Waals surface area contributed by atoms with Gasteiger partial charge in [-0.15, -0.1) is 0 Å². The van der Waals surface area contributed by atoms with E-state index in [2.05, 4.69) is 5.32 Å².